The highest BCUT2D eigenvalue weighted by Crippen LogP contribution is 2.31. The Bertz CT molecular complexity index is 957. The molecule has 7 heteroatoms. The number of halogens is 1. The summed E-state index contributed by atoms with van der Waals surface area (Å²) in [5.74, 6) is 0.708. The van der Waals surface area contributed by atoms with Gasteiger partial charge in [-0.2, -0.15) is 0 Å². The van der Waals surface area contributed by atoms with Crippen LogP contribution < -0.4 is 15.0 Å². The molecule has 1 atom stereocenters. The number of rotatable bonds is 7. The first-order chi connectivity index (χ1) is 15.6. The number of nitrogens with one attached hydrogen (secondary N) is 1. The zero-order valence-electron chi connectivity index (χ0n) is 18.5. The molecule has 0 spiro atoms. The topological polar surface area (TPSA) is 61.9 Å². The minimum atomic E-state index is -0.162. The Kier molecular flexibility index (Phi) is 7.33. The van der Waals surface area contributed by atoms with Gasteiger partial charge in [-0.1, -0.05) is 30.2 Å². The number of carbonyl (C=O) groups is 2. The van der Waals surface area contributed by atoms with Crippen LogP contribution in [0.25, 0.3) is 0 Å². The van der Waals surface area contributed by atoms with Gasteiger partial charge < -0.3 is 15.0 Å². The van der Waals surface area contributed by atoms with Crippen LogP contribution in [0.5, 0.6) is 5.75 Å². The molecule has 0 unspecified atom stereocenters. The third kappa shape index (κ3) is 5.08. The van der Waals surface area contributed by atoms with Gasteiger partial charge in [0.15, 0.2) is 0 Å². The largest absolute Gasteiger partial charge is 0.497 e. The van der Waals surface area contributed by atoms with Crippen LogP contribution in [0.4, 0.5) is 5.69 Å². The summed E-state index contributed by atoms with van der Waals surface area (Å²) in [6, 6.07) is 13.3. The number of piperidine rings is 1. The summed E-state index contributed by atoms with van der Waals surface area (Å²) in [5, 5.41) is 3.60. The number of carbonyl (C=O) groups excluding carboxylic acids is 2. The molecular formula is C25H30ClN3O3. The van der Waals surface area contributed by atoms with Crippen molar-refractivity contribution >= 4 is 29.1 Å². The van der Waals surface area contributed by atoms with Crippen molar-refractivity contribution < 1.29 is 14.3 Å². The van der Waals surface area contributed by atoms with E-state index < -0.39 is 0 Å². The van der Waals surface area contributed by atoms with E-state index in [-0.39, 0.29) is 17.9 Å². The Hall–Kier alpha value is -2.57. The van der Waals surface area contributed by atoms with Crippen LogP contribution >= 0.6 is 11.6 Å². The molecular weight excluding hydrogens is 426 g/mol. The number of hydrogen-bond acceptors (Lipinski definition) is 4. The van der Waals surface area contributed by atoms with Gasteiger partial charge in [0, 0.05) is 25.1 Å². The zero-order valence-corrected chi connectivity index (χ0v) is 19.2. The minimum Gasteiger partial charge on any atom is -0.497 e. The van der Waals surface area contributed by atoms with Gasteiger partial charge in [0.1, 0.15) is 5.75 Å². The van der Waals surface area contributed by atoms with Gasteiger partial charge in [-0.25, -0.2) is 0 Å². The smallest absolute Gasteiger partial charge is 0.251 e. The van der Waals surface area contributed by atoms with Crippen LogP contribution in [0, 0.1) is 0 Å². The lowest BCUT2D eigenvalue weighted by Crippen LogP contribution is -2.40. The number of benzene rings is 2. The summed E-state index contributed by atoms with van der Waals surface area (Å²) >= 11 is 6.34. The monoisotopic (exact) mass is 455 g/mol. The van der Waals surface area contributed by atoms with Crippen LogP contribution in [-0.4, -0.2) is 50.0 Å². The first-order valence-electron chi connectivity index (χ1n) is 11.3. The first-order valence-corrected chi connectivity index (χ1v) is 11.7. The van der Waals surface area contributed by atoms with Gasteiger partial charge in [-0.05, 0) is 68.2 Å². The zero-order chi connectivity index (χ0) is 22.5. The fourth-order valence-electron chi connectivity index (χ4n) is 4.57. The van der Waals surface area contributed by atoms with E-state index in [2.05, 4.69) is 22.3 Å². The average Bonchev–Trinajstić information content (AvgIpc) is 3.26. The summed E-state index contributed by atoms with van der Waals surface area (Å²) in [7, 11) is 1.66. The molecule has 0 radical (unpaired) electrons. The Balaban J connectivity index is 1.49. The molecule has 0 aromatic heterocycles. The molecule has 6 nitrogen and oxygen atoms in total. The second-order valence-corrected chi connectivity index (χ2v) is 8.82. The minimum absolute atomic E-state index is 0.0501. The van der Waals surface area contributed by atoms with Crippen LogP contribution in [-0.2, 0) is 4.79 Å². The van der Waals surface area contributed by atoms with E-state index >= 15 is 0 Å². The van der Waals surface area contributed by atoms with E-state index in [1.165, 1.54) is 19.3 Å². The molecule has 2 heterocycles. The number of methoxy groups -OCH3 is 1. The van der Waals surface area contributed by atoms with E-state index in [4.69, 9.17) is 16.3 Å². The number of likely N-dealkylation sites (tertiary alicyclic amines) is 1. The average molecular weight is 456 g/mol. The van der Waals surface area contributed by atoms with Gasteiger partial charge in [0.25, 0.3) is 5.91 Å². The molecule has 2 fully saturated rings. The van der Waals surface area contributed by atoms with Gasteiger partial charge in [-0.15, -0.1) is 0 Å². The van der Waals surface area contributed by atoms with Crippen molar-refractivity contribution in [2.75, 3.05) is 38.2 Å². The van der Waals surface area contributed by atoms with Gasteiger partial charge >= 0.3 is 0 Å². The Morgan fingerprint density at radius 2 is 1.81 bits per heavy atom. The molecule has 0 saturated carbocycles. The Morgan fingerprint density at radius 3 is 2.47 bits per heavy atom. The quantitative estimate of drug-likeness (QED) is 0.670. The van der Waals surface area contributed by atoms with E-state index in [1.54, 1.807) is 30.2 Å². The molecule has 0 aliphatic carbocycles. The highest BCUT2D eigenvalue weighted by atomic mass is 35.5. The summed E-state index contributed by atoms with van der Waals surface area (Å²) in [4.78, 5) is 29.3. The Morgan fingerprint density at radius 1 is 1.06 bits per heavy atom. The first kappa shape index (κ1) is 22.6. The number of nitrogens with zero attached hydrogens (tertiary/aromatic N) is 2. The SMILES string of the molecule is COc1ccc([C@@H](CNC(=O)c2ccc(Cl)c(N3CCCC3=O)c2)N2CCCCC2)cc1. The van der Waals surface area contributed by atoms with Crippen LogP contribution in [0.1, 0.15) is 54.1 Å². The number of ether oxygens (including phenoxy) is 1. The lowest BCUT2D eigenvalue weighted by atomic mass is 10.0. The molecule has 2 aliphatic heterocycles. The maximum atomic E-state index is 13.0. The molecule has 2 aliphatic rings. The third-order valence-electron chi connectivity index (χ3n) is 6.36. The molecule has 4 rings (SSSR count). The lowest BCUT2D eigenvalue weighted by molar-refractivity contribution is -0.117. The molecule has 2 amide bonds. The van der Waals surface area contributed by atoms with Crippen molar-refractivity contribution in [1.29, 1.82) is 0 Å². The molecule has 2 saturated heterocycles. The fraction of sp³-hybridized carbons (Fsp3) is 0.440. The van der Waals surface area contributed by atoms with E-state index in [0.717, 1.165) is 30.8 Å². The number of hydrogen-bond donors (Lipinski definition) is 1. The summed E-state index contributed by atoms with van der Waals surface area (Å²) in [5.41, 5.74) is 2.29. The van der Waals surface area contributed by atoms with Crippen molar-refractivity contribution in [3.05, 3.63) is 58.6 Å². The predicted molar refractivity (Wildman–Crippen MR) is 127 cm³/mol. The highest BCUT2D eigenvalue weighted by Gasteiger charge is 2.26. The summed E-state index contributed by atoms with van der Waals surface area (Å²) in [6.45, 7) is 3.19. The molecule has 2 aromatic carbocycles. The van der Waals surface area contributed by atoms with Gasteiger partial charge in [0.2, 0.25) is 5.91 Å². The Labute approximate surface area is 194 Å². The third-order valence-corrected chi connectivity index (χ3v) is 6.68. The van der Waals surface area contributed by atoms with Gasteiger partial charge in [-0.3, -0.25) is 14.5 Å². The standard InChI is InChI=1S/C25H30ClN3O3/c1-32-20-10-7-18(8-11-20)23(28-13-3-2-4-14-28)17-27-25(31)19-9-12-21(26)22(16-19)29-15-5-6-24(29)30/h7-12,16,23H,2-6,13-15,17H2,1H3,(H,27,31)/t23-/m1/s1. The highest BCUT2D eigenvalue weighted by molar-refractivity contribution is 6.34. The number of amides is 2. The molecule has 2 aromatic rings. The summed E-state index contributed by atoms with van der Waals surface area (Å²) in [6.07, 6.45) is 4.92. The second-order valence-electron chi connectivity index (χ2n) is 8.41. The van der Waals surface area contributed by atoms with Crippen molar-refractivity contribution in [1.82, 2.24) is 10.2 Å². The van der Waals surface area contributed by atoms with Gasteiger partial charge in [0.05, 0.1) is 23.9 Å². The lowest BCUT2D eigenvalue weighted by Gasteiger charge is -2.35. The van der Waals surface area contributed by atoms with Crippen LogP contribution in [0.2, 0.25) is 5.02 Å². The van der Waals surface area contributed by atoms with Crippen molar-refractivity contribution in [2.45, 2.75) is 38.1 Å². The van der Waals surface area contributed by atoms with E-state index in [1.807, 2.05) is 12.1 Å². The van der Waals surface area contributed by atoms with Crippen LogP contribution in [0.15, 0.2) is 42.5 Å². The van der Waals surface area contributed by atoms with Crippen molar-refractivity contribution in [3.63, 3.8) is 0 Å². The predicted octanol–water partition coefficient (Wildman–Crippen LogP) is 4.43. The fourth-order valence-corrected chi connectivity index (χ4v) is 4.79. The normalized spacial score (nSPS) is 17.9. The van der Waals surface area contributed by atoms with Crippen molar-refractivity contribution in [2.24, 2.45) is 0 Å². The molecule has 1 N–H and O–H groups in total. The summed E-state index contributed by atoms with van der Waals surface area (Å²) < 4.78 is 5.30. The molecule has 170 valence electrons. The molecule has 32 heavy (non-hydrogen) atoms. The maximum absolute atomic E-state index is 13.0. The van der Waals surface area contributed by atoms with E-state index in [9.17, 15) is 9.59 Å². The van der Waals surface area contributed by atoms with Crippen LogP contribution in [0.3, 0.4) is 0 Å². The van der Waals surface area contributed by atoms with E-state index in [0.29, 0.717) is 35.8 Å². The molecule has 0 bridgehead atoms. The maximum Gasteiger partial charge on any atom is 0.251 e. The van der Waals surface area contributed by atoms with Crippen molar-refractivity contribution in [3.8, 4) is 5.75 Å². The second kappa shape index (κ2) is 10.4. The number of anilines is 1.